The molecule has 1 unspecified atom stereocenters. The Labute approximate surface area is 117 Å². The number of aliphatic hydroxyl groups excluding tert-OH is 1. The summed E-state index contributed by atoms with van der Waals surface area (Å²) in [5.74, 6) is 0.404. The van der Waals surface area contributed by atoms with Crippen LogP contribution in [0, 0.1) is 6.92 Å². The predicted octanol–water partition coefficient (Wildman–Crippen LogP) is 2.01. The number of halogens is 1. The summed E-state index contributed by atoms with van der Waals surface area (Å²) in [4.78, 5) is 8.25. The zero-order chi connectivity index (χ0) is 14.0. The molecule has 2 heterocycles. The molecular weight excluding hydrogens is 264 g/mol. The summed E-state index contributed by atoms with van der Waals surface area (Å²) >= 11 is 6.25. The standard InChI is InChI=1S/C13H17ClN4O/c1-4-9-12(14)10(18(3)17-9)5-11(19)13-15-6-8(2)7-16-13/h6-7,11,19H,4-5H2,1-3H3. The number of nitrogens with zero attached hydrogens (tertiary/aromatic N) is 4. The van der Waals surface area contributed by atoms with E-state index in [1.165, 1.54) is 0 Å². The lowest BCUT2D eigenvalue weighted by molar-refractivity contribution is 0.165. The Morgan fingerprint density at radius 1 is 1.37 bits per heavy atom. The molecule has 102 valence electrons. The van der Waals surface area contributed by atoms with E-state index in [-0.39, 0.29) is 0 Å². The molecule has 0 saturated carbocycles. The number of rotatable bonds is 4. The molecule has 1 N–H and O–H groups in total. The summed E-state index contributed by atoms with van der Waals surface area (Å²) in [5, 5.41) is 15.1. The van der Waals surface area contributed by atoms with Crippen LogP contribution >= 0.6 is 11.6 Å². The Kier molecular flexibility index (Phi) is 4.17. The molecule has 0 aliphatic carbocycles. The normalized spacial score (nSPS) is 12.7. The minimum absolute atomic E-state index is 0.353. The van der Waals surface area contributed by atoms with Gasteiger partial charge in [-0.1, -0.05) is 18.5 Å². The third-order valence-corrected chi connectivity index (χ3v) is 3.42. The average molecular weight is 281 g/mol. The smallest absolute Gasteiger partial charge is 0.157 e. The van der Waals surface area contributed by atoms with E-state index in [0.29, 0.717) is 17.3 Å². The van der Waals surface area contributed by atoms with E-state index in [9.17, 15) is 5.11 Å². The largest absolute Gasteiger partial charge is 0.385 e. The van der Waals surface area contributed by atoms with Crippen LogP contribution in [0.4, 0.5) is 0 Å². The van der Waals surface area contributed by atoms with Gasteiger partial charge in [0.1, 0.15) is 6.10 Å². The van der Waals surface area contributed by atoms with E-state index < -0.39 is 6.10 Å². The van der Waals surface area contributed by atoms with Crippen LogP contribution in [0.3, 0.4) is 0 Å². The van der Waals surface area contributed by atoms with Gasteiger partial charge in [0.05, 0.1) is 16.4 Å². The van der Waals surface area contributed by atoms with Crippen molar-refractivity contribution in [1.29, 1.82) is 0 Å². The van der Waals surface area contributed by atoms with E-state index in [0.717, 1.165) is 23.4 Å². The van der Waals surface area contributed by atoms with Crippen LogP contribution in [0.2, 0.25) is 5.02 Å². The maximum absolute atomic E-state index is 10.2. The number of aryl methyl sites for hydroxylation is 3. The van der Waals surface area contributed by atoms with Crippen molar-refractivity contribution in [3.8, 4) is 0 Å². The second-order valence-corrected chi connectivity index (χ2v) is 4.90. The zero-order valence-corrected chi connectivity index (χ0v) is 12.0. The number of hydrogen-bond acceptors (Lipinski definition) is 4. The first-order valence-corrected chi connectivity index (χ1v) is 6.57. The van der Waals surface area contributed by atoms with E-state index in [1.54, 1.807) is 17.1 Å². The number of aliphatic hydroxyl groups is 1. The average Bonchev–Trinajstić information content (AvgIpc) is 2.67. The quantitative estimate of drug-likeness (QED) is 0.930. The van der Waals surface area contributed by atoms with Crippen molar-refractivity contribution in [3.05, 3.63) is 40.2 Å². The van der Waals surface area contributed by atoms with Gasteiger partial charge in [-0.2, -0.15) is 5.10 Å². The molecule has 19 heavy (non-hydrogen) atoms. The summed E-state index contributed by atoms with van der Waals surface area (Å²) < 4.78 is 1.71. The van der Waals surface area contributed by atoms with E-state index >= 15 is 0 Å². The highest BCUT2D eigenvalue weighted by Crippen LogP contribution is 2.25. The second-order valence-electron chi connectivity index (χ2n) is 4.52. The molecule has 2 aromatic heterocycles. The monoisotopic (exact) mass is 280 g/mol. The minimum Gasteiger partial charge on any atom is -0.385 e. The van der Waals surface area contributed by atoms with Gasteiger partial charge in [-0.3, -0.25) is 4.68 Å². The molecule has 0 aliphatic rings. The van der Waals surface area contributed by atoms with Crippen LogP contribution in [0.15, 0.2) is 12.4 Å². The zero-order valence-electron chi connectivity index (χ0n) is 11.3. The van der Waals surface area contributed by atoms with Gasteiger partial charge in [0.2, 0.25) is 0 Å². The Hall–Kier alpha value is -1.46. The van der Waals surface area contributed by atoms with Crippen LogP contribution in [-0.2, 0) is 19.9 Å². The van der Waals surface area contributed by atoms with Gasteiger partial charge in [-0.05, 0) is 18.9 Å². The molecule has 0 amide bonds. The molecule has 0 fully saturated rings. The van der Waals surface area contributed by atoms with Gasteiger partial charge in [0, 0.05) is 25.9 Å². The van der Waals surface area contributed by atoms with Crippen molar-refractivity contribution in [1.82, 2.24) is 19.7 Å². The Balaban J connectivity index is 2.21. The fourth-order valence-electron chi connectivity index (χ4n) is 1.89. The predicted molar refractivity (Wildman–Crippen MR) is 73.0 cm³/mol. The number of aromatic nitrogens is 4. The molecule has 2 rings (SSSR count). The molecule has 1 atom stereocenters. The van der Waals surface area contributed by atoms with Gasteiger partial charge in [-0.25, -0.2) is 9.97 Å². The highest BCUT2D eigenvalue weighted by atomic mass is 35.5. The molecular formula is C13H17ClN4O. The van der Waals surface area contributed by atoms with E-state index in [4.69, 9.17) is 11.6 Å². The van der Waals surface area contributed by atoms with Crippen LogP contribution in [0.1, 0.15) is 35.8 Å². The summed E-state index contributed by atoms with van der Waals surface area (Å²) in [6.07, 6.45) is 3.72. The van der Waals surface area contributed by atoms with Gasteiger partial charge in [0.15, 0.2) is 5.82 Å². The van der Waals surface area contributed by atoms with Crippen molar-refractivity contribution >= 4 is 11.6 Å². The first-order chi connectivity index (χ1) is 9.02. The lowest BCUT2D eigenvalue weighted by atomic mass is 10.1. The molecule has 0 bridgehead atoms. The second kappa shape index (κ2) is 5.67. The summed E-state index contributed by atoms with van der Waals surface area (Å²) in [6, 6.07) is 0. The first-order valence-electron chi connectivity index (χ1n) is 6.19. The van der Waals surface area contributed by atoms with Crippen molar-refractivity contribution in [3.63, 3.8) is 0 Å². The van der Waals surface area contributed by atoms with Gasteiger partial charge >= 0.3 is 0 Å². The summed E-state index contributed by atoms with van der Waals surface area (Å²) in [5.41, 5.74) is 2.61. The van der Waals surface area contributed by atoms with Crippen LogP contribution < -0.4 is 0 Å². The lowest BCUT2D eigenvalue weighted by Crippen LogP contribution is -2.10. The Morgan fingerprint density at radius 3 is 2.53 bits per heavy atom. The molecule has 5 nitrogen and oxygen atoms in total. The van der Waals surface area contributed by atoms with Crippen molar-refractivity contribution in [2.75, 3.05) is 0 Å². The summed E-state index contributed by atoms with van der Waals surface area (Å²) in [6.45, 7) is 3.90. The fourth-order valence-corrected chi connectivity index (χ4v) is 2.26. The molecule has 0 radical (unpaired) electrons. The first kappa shape index (κ1) is 14.0. The SMILES string of the molecule is CCc1nn(C)c(CC(O)c2ncc(C)cn2)c1Cl. The van der Waals surface area contributed by atoms with Crippen molar-refractivity contribution < 1.29 is 5.11 Å². The number of hydrogen-bond donors (Lipinski definition) is 1. The van der Waals surface area contributed by atoms with Crippen LogP contribution in [-0.4, -0.2) is 24.9 Å². The highest BCUT2D eigenvalue weighted by Gasteiger charge is 2.19. The molecule has 0 saturated heterocycles. The van der Waals surface area contributed by atoms with E-state index in [1.807, 2.05) is 20.9 Å². The van der Waals surface area contributed by atoms with Crippen LogP contribution in [0.25, 0.3) is 0 Å². The molecule has 6 heteroatoms. The van der Waals surface area contributed by atoms with Crippen molar-refractivity contribution in [2.45, 2.75) is 32.8 Å². The summed E-state index contributed by atoms with van der Waals surface area (Å²) in [7, 11) is 1.82. The topological polar surface area (TPSA) is 63.8 Å². The van der Waals surface area contributed by atoms with Gasteiger partial charge in [-0.15, -0.1) is 0 Å². The van der Waals surface area contributed by atoms with Gasteiger partial charge < -0.3 is 5.11 Å². The Morgan fingerprint density at radius 2 is 2.00 bits per heavy atom. The highest BCUT2D eigenvalue weighted by molar-refractivity contribution is 6.31. The van der Waals surface area contributed by atoms with Crippen molar-refractivity contribution in [2.24, 2.45) is 7.05 Å². The van der Waals surface area contributed by atoms with E-state index in [2.05, 4.69) is 15.1 Å². The molecule has 0 aromatic carbocycles. The molecule has 2 aromatic rings. The third-order valence-electron chi connectivity index (χ3n) is 2.99. The minimum atomic E-state index is -0.779. The van der Waals surface area contributed by atoms with Gasteiger partial charge in [0.25, 0.3) is 0 Å². The lowest BCUT2D eigenvalue weighted by Gasteiger charge is -2.09. The fraction of sp³-hybridized carbons (Fsp3) is 0.462. The Bertz CT molecular complexity index is 565. The molecule has 0 aliphatic heterocycles. The maximum Gasteiger partial charge on any atom is 0.157 e. The molecule has 0 spiro atoms. The maximum atomic E-state index is 10.2. The van der Waals surface area contributed by atoms with Crippen LogP contribution in [0.5, 0.6) is 0 Å². The third kappa shape index (κ3) is 2.93.